The molecule has 4 heteroatoms. The summed E-state index contributed by atoms with van der Waals surface area (Å²) >= 11 is 0. The minimum Gasteiger partial charge on any atom is -0.410 e. The Morgan fingerprint density at radius 3 is 2.59 bits per heavy atom. The maximum atomic E-state index is 12.9. The van der Waals surface area contributed by atoms with Gasteiger partial charge in [-0.2, -0.15) is 0 Å². The molecular weight excluding hydrogens is 396 g/mol. The van der Waals surface area contributed by atoms with Crippen molar-refractivity contribution in [2.75, 3.05) is 13.1 Å². The number of hydrogen-bond donors (Lipinski definition) is 1. The lowest BCUT2D eigenvalue weighted by atomic mass is 9.60. The molecule has 2 bridgehead atoms. The summed E-state index contributed by atoms with van der Waals surface area (Å²) in [5.41, 5.74) is 10.9. The standard InChI is InChI=1S/C28H36N2O2/c1-28-15-7-3-6-10-23(26(28)29)18-22-11-12-24(19-25(22)28)32-27(31)30-16-13-21(14-17-30)20-8-4-2-5-9-20/h2,4-5,8-9,11-12,19,21,23,26H,3,6-7,10,13-18,29H2,1H3/t23?,26-,28+/m0/s1. The van der Waals surface area contributed by atoms with E-state index in [2.05, 4.69) is 49.4 Å². The summed E-state index contributed by atoms with van der Waals surface area (Å²) in [5, 5.41) is 0. The molecule has 1 amide bonds. The molecule has 3 atom stereocenters. The van der Waals surface area contributed by atoms with E-state index in [0.29, 0.717) is 17.6 Å². The lowest BCUT2D eigenvalue weighted by molar-refractivity contribution is 0.138. The molecule has 5 rings (SSSR count). The second-order valence-corrected chi connectivity index (χ2v) is 10.4. The predicted octanol–water partition coefficient (Wildman–Crippen LogP) is 5.79. The van der Waals surface area contributed by atoms with Crippen LogP contribution in [0.2, 0.25) is 0 Å². The Bertz CT molecular complexity index is 951. The molecule has 0 radical (unpaired) electrons. The molecule has 2 aromatic carbocycles. The van der Waals surface area contributed by atoms with Crippen molar-refractivity contribution < 1.29 is 9.53 Å². The van der Waals surface area contributed by atoms with Crippen molar-refractivity contribution in [2.45, 2.75) is 75.7 Å². The van der Waals surface area contributed by atoms with Gasteiger partial charge in [-0.05, 0) is 72.8 Å². The molecule has 1 unspecified atom stereocenters. The first-order valence-corrected chi connectivity index (χ1v) is 12.5. The van der Waals surface area contributed by atoms with Crippen molar-refractivity contribution in [1.82, 2.24) is 4.90 Å². The first-order valence-electron chi connectivity index (χ1n) is 12.5. The zero-order valence-corrected chi connectivity index (χ0v) is 19.3. The van der Waals surface area contributed by atoms with Gasteiger partial charge in [0.15, 0.2) is 0 Å². The number of carbonyl (C=O) groups excluding carboxylic acids is 1. The second kappa shape index (κ2) is 8.90. The van der Waals surface area contributed by atoms with E-state index in [1.165, 1.54) is 42.4 Å². The number of ether oxygens (including phenoxy) is 1. The number of carbonyl (C=O) groups is 1. The van der Waals surface area contributed by atoms with E-state index < -0.39 is 0 Å². The molecule has 1 saturated carbocycles. The third-order valence-electron chi connectivity index (χ3n) is 8.42. The van der Waals surface area contributed by atoms with Gasteiger partial charge in [-0.1, -0.05) is 62.6 Å². The SMILES string of the molecule is C[C@@]12CCCCCC(Cc3ccc(OC(=O)N4CCC(c5ccccc5)CC4)cc31)[C@@H]2N. The number of benzene rings is 2. The lowest BCUT2D eigenvalue weighted by Crippen LogP contribution is -2.52. The van der Waals surface area contributed by atoms with Crippen molar-refractivity contribution in [3.63, 3.8) is 0 Å². The molecule has 2 aliphatic carbocycles. The molecule has 3 aliphatic rings. The van der Waals surface area contributed by atoms with Gasteiger partial charge in [0.25, 0.3) is 0 Å². The van der Waals surface area contributed by atoms with Crippen molar-refractivity contribution in [3.8, 4) is 5.75 Å². The minimum absolute atomic E-state index is 0.0326. The zero-order valence-electron chi connectivity index (χ0n) is 19.3. The molecule has 170 valence electrons. The third kappa shape index (κ3) is 4.05. The third-order valence-corrected chi connectivity index (χ3v) is 8.42. The largest absolute Gasteiger partial charge is 0.415 e. The van der Waals surface area contributed by atoms with Gasteiger partial charge in [0.1, 0.15) is 5.75 Å². The highest BCUT2D eigenvalue weighted by Gasteiger charge is 2.44. The van der Waals surface area contributed by atoms with E-state index >= 15 is 0 Å². The summed E-state index contributed by atoms with van der Waals surface area (Å²) in [6.45, 7) is 3.81. The summed E-state index contributed by atoms with van der Waals surface area (Å²) in [6, 6.07) is 17.1. The fraction of sp³-hybridized carbons (Fsp3) is 0.536. The molecular formula is C28H36N2O2. The van der Waals surface area contributed by atoms with Gasteiger partial charge in [-0.25, -0.2) is 4.79 Å². The maximum Gasteiger partial charge on any atom is 0.415 e. The molecule has 2 aromatic rings. The number of hydrogen-bond acceptors (Lipinski definition) is 3. The van der Waals surface area contributed by atoms with Crippen LogP contribution in [-0.2, 0) is 11.8 Å². The number of likely N-dealkylation sites (tertiary alicyclic amines) is 1. The number of fused-ring (bicyclic) bond motifs is 4. The van der Waals surface area contributed by atoms with Gasteiger partial charge in [-0.15, -0.1) is 0 Å². The Kier molecular flexibility index (Phi) is 5.98. The average Bonchev–Trinajstić information content (AvgIpc) is 2.83. The number of rotatable bonds is 2. The van der Waals surface area contributed by atoms with Crippen LogP contribution in [-0.4, -0.2) is 30.1 Å². The molecule has 0 spiro atoms. The van der Waals surface area contributed by atoms with Crippen LogP contribution in [0.1, 0.15) is 74.5 Å². The normalized spacial score (nSPS) is 28.4. The Hall–Kier alpha value is -2.33. The second-order valence-electron chi connectivity index (χ2n) is 10.4. The van der Waals surface area contributed by atoms with Gasteiger partial charge < -0.3 is 15.4 Å². The summed E-state index contributed by atoms with van der Waals surface area (Å²) in [7, 11) is 0. The van der Waals surface area contributed by atoms with E-state index in [9.17, 15) is 4.79 Å². The molecule has 2 N–H and O–H groups in total. The maximum absolute atomic E-state index is 12.9. The van der Waals surface area contributed by atoms with Gasteiger partial charge in [0.2, 0.25) is 0 Å². The van der Waals surface area contributed by atoms with Crippen LogP contribution in [0.15, 0.2) is 48.5 Å². The van der Waals surface area contributed by atoms with E-state index in [-0.39, 0.29) is 17.6 Å². The molecule has 32 heavy (non-hydrogen) atoms. The summed E-state index contributed by atoms with van der Waals surface area (Å²) < 4.78 is 5.88. The van der Waals surface area contributed by atoms with Crippen molar-refractivity contribution in [3.05, 3.63) is 65.2 Å². The van der Waals surface area contributed by atoms with Crippen LogP contribution in [0.5, 0.6) is 5.75 Å². The Labute approximate surface area is 192 Å². The van der Waals surface area contributed by atoms with Gasteiger partial charge in [0, 0.05) is 24.5 Å². The van der Waals surface area contributed by atoms with E-state index in [1.54, 1.807) is 0 Å². The summed E-state index contributed by atoms with van der Waals surface area (Å²) in [5.74, 6) is 1.75. The van der Waals surface area contributed by atoms with Gasteiger partial charge in [-0.3, -0.25) is 0 Å². The van der Waals surface area contributed by atoms with E-state index in [4.69, 9.17) is 10.5 Å². The Balaban J connectivity index is 1.28. The molecule has 2 fully saturated rings. The average molecular weight is 433 g/mol. The number of nitrogens with two attached hydrogens (primary N) is 1. The highest BCUT2D eigenvalue weighted by atomic mass is 16.6. The fourth-order valence-corrected chi connectivity index (χ4v) is 6.38. The van der Waals surface area contributed by atoms with E-state index in [1.807, 2.05) is 11.0 Å². The predicted molar refractivity (Wildman–Crippen MR) is 128 cm³/mol. The summed E-state index contributed by atoms with van der Waals surface area (Å²) in [6.07, 6.45) is 8.94. The van der Waals surface area contributed by atoms with Crippen LogP contribution in [0.3, 0.4) is 0 Å². The molecule has 4 nitrogen and oxygen atoms in total. The van der Waals surface area contributed by atoms with Gasteiger partial charge in [0.05, 0.1) is 0 Å². The van der Waals surface area contributed by atoms with Crippen molar-refractivity contribution in [2.24, 2.45) is 11.7 Å². The monoisotopic (exact) mass is 432 g/mol. The van der Waals surface area contributed by atoms with Crippen molar-refractivity contribution >= 4 is 6.09 Å². The quantitative estimate of drug-likeness (QED) is 0.654. The first-order chi connectivity index (χ1) is 15.5. The van der Waals surface area contributed by atoms with E-state index in [0.717, 1.165) is 38.8 Å². The zero-order chi connectivity index (χ0) is 22.1. The van der Waals surface area contributed by atoms with Gasteiger partial charge >= 0.3 is 6.09 Å². The number of amides is 1. The fourth-order valence-electron chi connectivity index (χ4n) is 6.38. The van der Waals surface area contributed by atoms with Crippen LogP contribution in [0, 0.1) is 5.92 Å². The van der Waals surface area contributed by atoms with Crippen LogP contribution in [0.25, 0.3) is 0 Å². The first kappa shape index (κ1) is 21.5. The highest BCUT2D eigenvalue weighted by Crippen LogP contribution is 2.46. The topological polar surface area (TPSA) is 55.6 Å². The Morgan fingerprint density at radius 2 is 1.81 bits per heavy atom. The smallest absolute Gasteiger partial charge is 0.410 e. The number of nitrogens with zero attached hydrogens (tertiary/aromatic N) is 1. The van der Waals surface area contributed by atoms with Crippen LogP contribution >= 0.6 is 0 Å². The summed E-state index contributed by atoms with van der Waals surface area (Å²) in [4.78, 5) is 14.8. The van der Waals surface area contributed by atoms with Crippen molar-refractivity contribution in [1.29, 1.82) is 0 Å². The highest BCUT2D eigenvalue weighted by molar-refractivity contribution is 5.71. The van der Waals surface area contributed by atoms with Crippen LogP contribution in [0.4, 0.5) is 4.79 Å². The lowest BCUT2D eigenvalue weighted by Gasteiger charge is -2.47. The minimum atomic E-state index is -0.225. The Morgan fingerprint density at radius 1 is 1.03 bits per heavy atom. The number of piperidine rings is 1. The molecule has 1 heterocycles. The van der Waals surface area contributed by atoms with Crippen LogP contribution < -0.4 is 10.5 Å². The molecule has 0 aromatic heterocycles. The molecule has 1 saturated heterocycles. The molecule has 1 aliphatic heterocycles.